The van der Waals surface area contributed by atoms with Gasteiger partial charge in [0.25, 0.3) is 5.91 Å². The Labute approximate surface area is 163 Å². The number of fused-ring (bicyclic) bond motifs is 1. The molecule has 0 aliphatic heterocycles. The fourth-order valence-electron chi connectivity index (χ4n) is 3.96. The Balaban J connectivity index is 1.35. The van der Waals surface area contributed by atoms with Crippen molar-refractivity contribution in [2.45, 2.75) is 38.1 Å². The number of carbonyl (C=O) groups is 1. The van der Waals surface area contributed by atoms with E-state index in [2.05, 4.69) is 38.2 Å². The molecule has 5 rings (SSSR count). The van der Waals surface area contributed by atoms with Gasteiger partial charge in [-0.15, -0.1) is 0 Å². The monoisotopic (exact) mass is 373 g/mol. The van der Waals surface area contributed by atoms with Gasteiger partial charge in [-0.1, -0.05) is 18.2 Å². The van der Waals surface area contributed by atoms with Gasteiger partial charge in [-0.2, -0.15) is 0 Å². The molecule has 0 saturated heterocycles. The number of anilines is 1. The van der Waals surface area contributed by atoms with E-state index in [4.69, 9.17) is 5.41 Å². The number of hydrogen-bond acceptors (Lipinski definition) is 4. The van der Waals surface area contributed by atoms with Crippen LogP contribution in [0.2, 0.25) is 0 Å². The zero-order valence-electron chi connectivity index (χ0n) is 15.9. The predicted molar refractivity (Wildman–Crippen MR) is 107 cm³/mol. The molecule has 2 unspecified atom stereocenters. The Hall–Kier alpha value is -3.02. The molecule has 2 heterocycles. The maximum Gasteiger partial charge on any atom is 0.256 e. The Morgan fingerprint density at radius 3 is 3.04 bits per heavy atom. The second-order valence-electron chi connectivity index (χ2n) is 8.17. The number of amides is 1. The largest absolute Gasteiger partial charge is 0.327 e. The second-order valence-corrected chi connectivity index (χ2v) is 8.17. The standard InChI is InChI=1S/C22H23N5O/c1-14(23)19-3-2-4-20(25-19)26-21(28)16-7-8-17-11-22(17,10-16)27-12-18(24-13-27)9-15-5-6-15/h2-4,7-8,10,12-13,15,17,23H,5-6,9,11H2,1H3,(H,25,26,28). The molecule has 142 valence electrons. The van der Waals surface area contributed by atoms with Crippen LogP contribution in [0.1, 0.15) is 37.6 Å². The van der Waals surface area contributed by atoms with Gasteiger partial charge in [-0.25, -0.2) is 9.97 Å². The van der Waals surface area contributed by atoms with E-state index in [1.54, 1.807) is 25.1 Å². The summed E-state index contributed by atoms with van der Waals surface area (Å²) in [7, 11) is 0. The molecule has 3 aliphatic rings. The average Bonchev–Trinajstić information content (AvgIpc) is 3.58. The van der Waals surface area contributed by atoms with Crippen molar-refractivity contribution in [2.24, 2.45) is 11.8 Å². The summed E-state index contributed by atoms with van der Waals surface area (Å²) in [4.78, 5) is 21.7. The van der Waals surface area contributed by atoms with Gasteiger partial charge in [0, 0.05) is 17.7 Å². The number of carbonyl (C=O) groups excluding carboxylic acids is 1. The van der Waals surface area contributed by atoms with Crippen LogP contribution in [0.5, 0.6) is 0 Å². The van der Waals surface area contributed by atoms with Crippen molar-refractivity contribution in [3.63, 3.8) is 0 Å². The number of rotatable bonds is 6. The highest BCUT2D eigenvalue weighted by atomic mass is 16.1. The van der Waals surface area contributed by atoms with Crippen LogP contribution in [0.4, 0.5) is 5.82 Å². The molecule has 3 aliphatic carbocycles. The predicted octanol–water partition coefficient (Wildman–Crippen LogP) is 3.47. The lowest BCUT2D eigenvalue weighted by atomic mass is 10.0. The highest BCUT2D eigenvalue weighted by molar-refractivity contribution is 6.06. The van der Waals surface area contributed by atoms with Crippen molar-refractivity contribution in [3.05, 3.63) is 65.9 Å². The number of nitrogens with zero attached hydrogens (tertiary/aromatic N) is 3. The van der Waals surface area contributed by atoms with Crippen LogP contribution < -0.4 is 5.32 Å². The van der Waals surface area contributed by atoms with Crippen molar-refractivity contribution < 1.29 is 4.79 Å². The van der Waals surface area contributed by atoms with Gasteiger partial charge in [-0.3, -0.25) is 4.79 Å². The van der Waals surface area contributed by atoms with Gasteiger partial charge >= 0.3 is 0 Å². The van der Waals surface area contributed by atoms with E-state index in [9.17, 15) is 4.79 Å². The molecule has 2 atom stereocenters. The lowest BCUT2D eigenvalue weighted by molar-refractivity contribution is -0.112. The molecular formula is C22H23N5O. The molecule has 2 fully saturated rings. The molecule has 6 nitrogen and oxygen atoms in total. The van der Waals surface area contributed by atoms with E-state index in [0.29, 0.717) is 28.7 Å². The highest BCUT2D eigenvalue weighted by Crippen LogP contribution is 2.55. The number of nitrogens with one attached hydrogen (secondary N) is 2. The van der Waals surface area contributed by atoms with Gasteiger partial charge in [0.1, 0.15) is 5.82 Å². The summed E-state index contributed by atoms with van der Waals surface area (Å²) in [6.07, 6.45) is 14.9. The highest BCUT2D eigenvalue weighted by Gasteiger charge is 2.54. The van der Waals surface area contributed by atoms with Crippen molar-refractivity contribution >= 4 is 17.4 Å². The first-order valence-corrected chi connectivity index (χ1v) is 9.82. The third kappa shape index (κ3) is 3.09. The minimum Gasteiger partial charge on any atom is -0.327 e. The lowest BCUT2D eigenvalue weighted by Crippen LogP contribution is -2.22. The summed E-state index contributed by atoms with van der Waals surface area (Å²) in [6, 6.07) is 5.30. The Morgan fingerprint density at radius 2 is 2.25 bits per heavy atom. The SMILES string of the molecule is CC(=N)c1cccc(NC(=O)C2=CC3(n4cnc(CC5CC5)c4)CC3C=C2)n1. The number of imidazole rings is 1. The summed E-state index contributed by atoms with van der Waals surface area (Å²) < 4.78 is 2.18. The maximum atomic E-state index is 12.8. The fourth-order valence-corrected chi connectivity index (χ4v) is 3.96. The average molecular weight is 373 g/mol. The summed E-state index contributed by atoms with van der Waals surface area (Å²) in [6.45, 7) is 1.68. The van der Waals surface area contributed by atoms with Crippen LogP contribution in [-0.2, 0) is 16.8 Å². The normalized spacial score (nSPS) is 25.0. The quantitative estimate of drug-likeness (QED) is 0.761. The molecule has 0 spiro atoms. The van der Waals surface area contributed by atoms with Crippen LogP contribution in [0.25, 0.3) is 0 Å². The van der Waals surface area contributed by atoms with Gasteiger partial charge in [0.15, 0.2) is 0 Å². The second kappa shape index (κ2) is 6.26. The van der Waals surface area contributed by atoms with Crippen molar-refractivity contribution in [3.8, 4) is 0 Å². The molecule has 0 bridgehead atoms. The number of allylic oxidation sites excluding steroid dienone is 2. The maximum absolute atomic E-state index is 12.8. The van der Waals surface area contributed by atoms with Crippen molar-refractivity contribution in [2.75, 3.05) is 5.32 Å². The molecule has 2 saturated carbocycles. The van der Waals surface area contributed by atoms with E-state index in [1.165, 1.54) is 12.8 Å². The molecule has 2 aromatic heterocycles. The first-order valence-electron chi connectivity index (χ1n) is 9.82. The number of aromatic nitrogens is 3. The smallest absolute Gasteiger partial charge is 0.256 e. The summed E-state index contributed by atoms with van der Waals surface area (Å²) in [5.74, 6) is 1.53. The van der Waals surface area contributed by atoms with Gasteiger partial charge < -0.3 is 15.3 Å². The van der Waals surface area contributed by atoms with Crippen LogP contribution >= 0.6 is 0 Å². The Morgan fingerprint density at radius 1 is 1.39 bits per heavy atom. The van der Waals surface area contributed by atoms with Gasteiger partial charge in [0.05, 0.1) is 29.0 Å². The van der Waals surface area contributed by atoms with Crippen LogP contribution in [0.3, 0.4) is 0 Å². The van der Waals surface area contributed by atoms with Gasteiger partial charge in [-0.05, 0) is 56.7 Å². The van der Waals surface area contributed by atoms with E-state index < -0.39 is 0 Å². The van der Waals surface area contributed by atoms with Crippen LogP contribution in [0, 0.1) is 17.2 Å². The zero-order valence-corrected chi connectivity index (χ0v) is 15.9. The van der Waals surface area contributed by atoms with Crippen LogP contribution in [0.15, 0.2) is 54.5 Å². The summed E-state index contributed by atoms with van der Waals surface area (Å²) >= 11 is 0. The Bertz CT molecular complexity index is 1030. The first kappa shape index (κ1) is 17.1. The molecule has 28 heavy (non-hydrogen) atoms. The molecule has 0 radical (unpaired) electrons. The van der Waals surface area contributed by atoms with Crippen LogP contribution in [-0.4, -0.2) is 26.2 Å². The minimum absolute atomic E-state index is 0.156. The number of pyridine rings is 1. The lowest BCUT2D eigenvalue weighted by Gasteiger charge is -2.18. The summed E-state index contributed by atoms with van der Waals surface area (Å²) in [5.41, 5.74) is 2.57. The summed E-state index contributed by atoms with van der Waals surface area (Å²) in [5, 5.41) is 10.6. The molecule has 6 heteroatoms. The van der Waals surface area contributed by atoms with E-state index in [-0.39, 0.29) is 11.4 Å². The third-order valence-corrected chi connectivity index (χ3v) is 5.89. The fraction of sp³-hybridized carbons (Fsp3) is 0.364. The molecular weight excluding hydrogens is 350 g/mol. The zero-order chi connectivity index (χ0) is 19.3. The first-order chi connectivity index (χ1) is 13.5. The Kier molecular flexibility index (Phi) is 3.82. The molecule has 0 aromatic carbocycles. The third-order valence-electron chi connectivity index (χ3n) is 5.89. The van der Waals surface area contributed by atoms with Crippen molar-refractivity contribution in [1.29, 1.82) is 5.41 Å². The molecule has 2 N–H and O–H groups in total. The number of hydrogen-bond donors (Lipinski definition) is 2. The van der Waals surface area contributed by atoms with Crippen molar-refractivity contribution in [1.82, 2.24) is 14.5 Å². The van der Waals surface area contributed by atoms with E-state index in [0.717, 1.165) is 24.5 Å². The van der Waals surface area contributed by atoms with Gasteiger partial charge in [0.2, 0.25) is 0 Å². The molecule has 1 amide bonds. The van der Waals surface area contributed by atoms with E-state index in [1.807, 2.05) is 12.4 Å². The topological polar surface area (TPSA) is 83.7 Å². The van der Waals surface area contributed by atoms with E-state index >= 15 is 0 Å². The minimum atomic E-state index is -0.174. The molecule has 2 aromatic rings.